The molecule has 0 radical (unpaired) electrons. The maximum Gasteiger partial charge on any atom is 0.156 e. The molecule has 0 saturated carbocycles. The second-order valence-corrected chi connectivity index (χ2v) is 3.39. The summed E-state index contributed by atoms with van der Waals surface area (Å²) in [6.45, 7) is 0. The highest BCUT2D eigenvalue weighted by Gasteiger charge is 2.02. The van der Waals surface area contributed by atoms with E-state index in [1.165, 1.54) is 0 Å². The highest BCUT2D eigenvalue weighted by atomic mass is 79.9. The number of nitrogens with zero attached hydrogens (tertiary/aromatic N) is 3. The molecule has 0 unspecified atom stereocenters. The second kappa shape index (κ2) is 3.03. The number of alkyl halides is 1. The normalized spacial score (nSPS) is 10.8. The van der Waals surface area contributed by atoms with Gasteiger partial charge in [-0.3, -0.25) is 0 Å². The van der Waals surface area contributed by atoms with Gasteiger partial charge in [-0.15, -0.1) is 11.6 Å². The van der Waals surface area contributed by atoms with Gasteiger partial charge in [-0.2, -0.15) is 5.10 Å². The lowest BCUT2D eigenvalue weighted by Crippen LogP contribution is -1.96. The van der Waals surface area contributed by atoms with Crippen molar-refractivity contribution in [2.24, 2.45) is 0 Å². The third-order valence-electron chi connectivity index (χ3n) is 1.54. The fraction of sp³-hybridized carbons (Fsp3) is 0.143. The molecule has 0 saturated heterocycles. The molecule has 2 aromatic heterocycles. The molecule has 0 aliphatic rings. The maximum atomic E-state index is 5.71. The van der Waals surface area contributed by atoms with Crippen LogP contribution in [0.2, 0.25) is 0 Å². The van der Waals surface area contributed by atoms with E-state index in [1.54, 1.807) is 10.7 Å². The number of halogens is 2. The highest BCUT2D eigenvalue weighted by molar-refractivity contribution is 9.10. The van der Waals surface area contributed by atoms with E-state index in [9.17, 15) is 0 Å². The molecule has 0 fully saturated rings. The molecule has 0 aliphatic carbocycles. The Kier molecular flexibility index (Phi) is 2.02. The standard InChI is InChI=1S/C7H5BrClN3/c8-6-3-7-10-2-1-5(4-9)12(7)11-6/h1-3H,4H2. The largest absolute Gasteiger partial charge is 0.237 e. The van der Waals surface area contributed by atoms with Crippen molar-refractivity contribution >= 4 is 33.2 Å². The number of fused-ring (bicyclic) bond motifs is 1. The molecule has 0 spiro atoms. The van der Waals surface area contributed by atoms with Crippen molar-refractivity contribution in [2.45, 2.75) is 5.88 Å². The summed E-state index contributed by atoms with van der Waals surface area (Å²) in [4.78, 5) is 4.12. The first-order valence-corrected chi connectivity index (χ1v) is 4.69. The Bertz CT molecular complexity index is 412. The van der Waals surface area contributed by atoms with Gasteiger partial charge >= 0.3 is 0 Å². The predicted molar refractivity (Wildman–Crippen MR) is 50.2 cm³/mol. The first-order valence-electron chi connectivity index (χ1n) is 3.36. The summed E-state index contributed by atoms with van der Waals surface area (Å²) < 4.78 is 2.49. The van der Waals surface area contributed by atoms with Gasteiger partial charge in [0.25, 0.3) is 0 Å². The minimum atomic E-state index is 0.438. The van der Waals surface area contributed by atoms with Gasteiger partial charge in [-0.1, -0.05) is 0 Å². The van der Waals surface area contributed by atoms with Crippen molar-refractivity contribution in [1.82, 2.24) is 14.6 Å². The lowest BCUT2D eigenvalue weighted by Gasteiger charge is -1.97. The Morgan fingerprint density at radius 2 is 2.42 bits per heavy atom. The molecular weight excluding hydrogens is 241 g/mol. The van der Waals surface area contributed by atoms with Gasteiger partial charge in [0.15, 0.2) is 5.65 Å². The van der Waals surface area contributed by atoms with Gasteiger partial charge in [0.2, 0.25) is 0 Å². The number of hydrogen-bond acceptors (Lipinski definition) is 2. The van der Waals surface area contributed by atoms with Crippen LogP contribution in [-0.4, -0.2) is 14.6 Å². The zero-order valence-corrected chi connectivity index (χ0v) is 8.38. The molecule has 2 heterocycles. The summed E-state index contributed by atoms with van der Waals surface area (Å²) in [7, 11) is 0. The smallest absolute Gasteiger partial charge is 0.156 e. The summed E-state index contributed by atoms with van der Waals surface area (Å²) in [5.41, 5.74) is 1.74. The molecule has 2 aromatic rings. The molecule has 0 atom stereocenters. The van der Waals surface area contributed by atoms with Gasteiger partial charge in [-0.05, 0) is 22.0 Å². The average Bonchev–Trinajstić information content (AvgIpc) is 2.44. The van der Waals surface area contributed by atoms with E-state index in [4.69, 9.17) is 11.6 Å². The van der Waals surface area contributed by atoms with Crippen LogP contribution in [0.3, 0.4) is 0 Å². The minimum absolute atomic E-state index is 0.438. The molecule has 12 heavy (non-hydrogen) atoms. The Hall–Kier alpha value is -0.610. The molecule has 0 N–H and O–H groups in total. The van der Waals surface area contributed by atoms with Crippen LogP contribution in [0.25, 0.3) is 5.65 Å². The molecule has 62 valence electrons. The third kappa shape index (κ3) is 1.21. The van der Waals surface area contributed by atoms with E-state index in [2.05, 4.69) is 26.0 Å². The van der Waals surface area contributed by atoms with Crippen molar-refractivity contribution in [3.05, 3.63) is 28.6 Å². The Labute approximate surface area is 82.5 Å². The number of hydrogen-bond donors (Lipinski definition) is 0. The number of rotatable bonds is 1. The fourth-order valence-corrected chi connectivity index (χ4v) is 1.58. The zero-order chi connectivity index (χ0) is 8.55. The Morgan fingerprint density at radius 3 is 3.17 bits per heavy atom. The van der Waals surface area contributed by atoms with Crippen LogP contribution >= 0.6 is 27.5 Å². The van der Waals surface area contributed by atoms with Crippen LogP contribution in [0.5, 0.6) is 0 Å². The van der Waals surface area contributed by atoms with Crippen molar-refractivity contribution in [3.8, 4) is 0 Å². The van der Waals surface area contributed by atoms with Gasteiger partial charge < -0.3 is 0 Å². The van der Waals surface area contributed by atoms with E-state index in [1.807, 2.05) is 12.1 Å². The van der Waals surface area contributed by atoms with E-state index < -0.39 is 0 Å². The van der Waals surface area contributed by atoms with Crippen LogP contribution in [0.1, 0.15) is 5.69 Å². The van der Waals surface area contributed by atoms with Crippen molar-refractivity contribution in [1.29, 1.82) is 0 Å². The van der Waals surface area contributed by atoms with Gasteiger partial charge in [0, 0.05) is 12.3 Å². The monoisotopic (exact) mass is 245 g/mol. The van der Waals surface area contributed by atoms with Crippen LogP contribution in [0, 0.1) is 0 Å². The van der Waals surface area contributed by atoms with Crippen molar-refractivity contribution in [2.75, 3.05) is 0 Å². The van der Waals surface area contributed by atoms with Gasteiger partial charge in [0.1, 0.15) is 4.60 Å². The van der Waals surface area contributed by atoms with Crippen LogP contribution in [-0.2, 0) is 5.88 Å². The van der Waals surface area contributed by atoms with Crippen molar-refractivity contribution < 1.29 is 0 Å². The summed E-state index contributed by atoms with van der Waals surface area (Å²) in [5.74, 6) is 0.438. The predicted octanol–water partition coefficient (Wildman–Crippen LogP) is 2.23. The lowest BCUT2D eigenvalue weighted by atomic mass is 10.4. The van der Waals surface area contributed by atoms with E-state index in [0.717, 1.165) is 15.9 Å². The highest BCUT2D eigenvalue weighted by Crippen LogP contribution is 2.12. The Balaban J connectivity index is 2.78. The molecule has 0 bridgehead atoms. The Morgan fingerprint density at radius 1 is 1.58 bits per heavy atom. The van der Waals surface area contributed by atoms with Crippen LogP contribution < -0.4 is 0 Å². The maximum absolute atomic E-state index is 5.71. The number of aromatic nitrogens is 3. The molecule has 5 heteroatoms. The van der Waals surface area contributed by atoms with E-state index >= 15 is 0 Å². The third-order valence-corrected chi connectivity index (χ3v) is 2.20. The topological polar surface area (TPSA) is 30.2 Å². The molecular formula is C7H5BrClN3. The lowest BCUT2D eigenvalue weighted by molar-refractivity contribution is 0.876. The summed E-state index contributed by atoms with van der Waals surface area (Å²) in [6, 6.07) is 3.69. The minimum Gasteiger partial charge on any atom is -0.237 e. The second-order valence-electron chi connectivity index (χ2n) is 2.31. The first kappa shape index (κ1) is 8.01. The van der Waals surface area contributed by atoms with Crippen LogP contribution in [0.15, 0.2) is 22.9 Å². The molecule has 0 amide bonds. The average molecular weight is 246 g/mol. The van der Waals surface area contributed by atoms with Gasteiger partial charge in [0.05, 0.1) is 11.6 Å². The summed E-state index contributed by atoms with van der Waals surface area (Å²) in [6.07, 6.45) is 1.72. The summed E-state index contributed by atoms with van der Waals surface area (Å²) >= 11 is 8.98. The molecule has 0 aliphatic heterocycles. The van der Waals surface area contributed by atoms with Crippen molar-refractivity contribution in [3.63, 3.8) is 0 Å². The molecule has 2 rings (SSSR count). The molecule has 0 aromatic carbocycles. The van der Waals surface area contributed by atoms with Crippen LogP contribution in [0.4, 0.5) is 0 Å². The fourth-order valence-electron chi connectivity index (χ4n) is 1.02. The van der Waals surface area contributed by atoms with E-state index in [-0.39, 0.29) is 0 Å². The first-order chi connectivity index (χ1) is 5.81. The zero-order valence-electron chi connectivity index (χ0n) is 6.04. The van der Waals surface area contributed by atoms with Gasteiger partial charge in [-0.25, -0.2) is 9.50 Å². The SMILES string of the molecule is ClCc1ccnc2cc(Br)nn12. The van der Waals surface area contributed by atoms with E-state index in [0.29, 0.717) is 5.88 Å². The quantitative estimate of drug-likeness (QED) is 0.722. The summed E-state index contributed by atoms with van der Waals surface area (Å²) in [5, 5.41) is 4.17. The molecule has 3 nitrogen and oxygen atoms in total.